The lowest BCUT2D eigenvalue weighted by atomic mass is 9.99. The van der Waals surface area contributed by atoms with Crippen molar-refractivity contribution in [1.82, 2.24) is 4.90 Å². The van der Waals surface area contributed by atoms with Gasteiger partial charge in [0, 0.05) is 71.8 Å². The Labute approximate surface area is 259 Å². The van der Waals surface area contributed by atoms with Gasteiger partial charge in [0.15, 0.2) is 11.6 Å². The molecule has 1 saturated heterocycles. The van der Waals surface area contributed by atoms with Gasteiger partial charge in [-0.25, -0.2) is 0 Å². The molecule has 0 radical (unpaired) electrons. The topological polar surface area (TPSA) is 111 Å². The van der Waals surface area contributed by atoms with Crippen LogP contribution in [-0.2, 0) is 4.79 Å². The number of hydrogen-bond acceptors (Lipinski definition) is 8. The highest BCUT2D eigenvalue weighted by Gasteiger charge is 2.25. The van der Waals surface area contributed by atoms with Crippen LogP contribution in [0.5, 0.6) is 0 Å². The van der Waals surface area contributed by atoms with Crippen molar-refractivity contribution < 1.29 is 19.2 Å². The second-order valence-corrected chi connectivity index (χ2v) is 11.9. The number of hydrogen-bond donors (Lipinski definition) is 3. The zero-order chi connectivity index (χ0) is 30.8. The molecule has 0 spiro atoms. The van der Waals surface area contributed by atoms with E-state index < -0.39 is 0 Å². The first-order valence-corrected chi connectivity index (χ1v) is 15.1. The van der Waals surface area contributed by atoms with Crippen molar-refractivity contribution in [3.8, 4) is 0 Å². The van der Waals surface area contributed by atoms with Gasteiger partial charge in [-0.1, -0.05) is 24.3 Å². The normalized spacial score (nSPS) is 15.5. The number of likely N-dealkylation sites (N-methyl/N-ethyl adjacent to an activating group) is 1. The van der Waals surface area contributed by atoms with Crippen LogP contribution in [-0.4, -0.2) is 61.5 Å². The number of Topliss-reactive ketones (excluding diaryl/α,β-unsaturated/α-hetero) is 1. The van der Waals surface area contributed by atoms with Crippen LogP contribution < -0.4 is 20.9 Å². The van der Waals surface area contributed by atoms with E-state index in [0.29, 0.717) is 43.4 Å². The lowest BCUT2D eigenvalue weighted by Crippen LogP contribution is -2.44. The smallest absolute Gasteiger partial charge is 0.265 e. The molecule has 0 unspecified atom stereocenters. The fourth-order valence-corrected chi connectivity index (χ4v) is 6.01. The van der Waals surface area contributed by atoms with Crippen molar-refractivity contribution in [2.45, 2.75) is 6.92 Å². The lowest BCUT2D eigenvalue weighted by Gasteiger charge is -2.34. The summed E-state index contributed by atoms with van der Waals surface area (Å²) in [4.78, 5) is 56.0. The number of nitrogens with zero attached hydrogens (tertiary/aromatic N) is 2. The van der Waals surface area contributed by atoms with Crippen molar-refractivity contribution in [3.63, 3.8) is 0 Å². The molecule has 0 bridgehead atoms. The number of thiophene rings is 1. The van der Waals surface area contributed by atoms with E-state index in [0.717, 1.165) is 43.2 Å². The Morgan fingerprint density at radius 2 is 1.57 bits per heavy atom. The second-order valence-electron chi connectivity index (χ2n) is 10.8. The van der Waals surface area contributed by atoms with Crippen molar-refractivity contribution in [3.05, 3.63) is 112 Å². The molecular weight excluding hydrogens is 574 g/mol. The molecule has 0 atom stereocenters. The molecule has 1 aromatic heterocycles. The SMILES string of the molecule is CC(=O)c1ccc(C(=O)Nc2cccc(C(=O)c3ccc4c(c3)NC(=O)C4=CNc3ccc(N4CCN(C)CC4)cc3)c2)s1. The Balaban J connectivity index is 1.13. The van der Waals surface area contributed by atoms with Crippen LogP contribution in [0.1, 0.15) is 47.8 Å². The molecule has 6 rings (SSSR count). The molecule has 4 aromatic rings. The first-order chi connectivity index (χ1) is 21.2. The van der Waals surface area contributed by atoms with Gasteiger partial charge in [-0.3, -0.25) is 19.2 Å². The minimum Gasteiger partial charge on any atom is -0.369 e. The Bertz CT molecular complexity index is 1800. The Morgan fingerprint density at radius 1 is 0.841 bits per heavy atom. The van der Waals surface area contributed by atoms with Crippen LogP contribution in [0, 0.1) is 0 Å². The van der Waals surface area contributed by atoms with E-state index in [9.17, 15) is 19.2 Å². The van der Waals surface area contributed by atoms with E-state index in [-0.39, 0.29) is 23.4 Å². The van der Waals surface area contributed by atoms with Gasteiger partial charge in [0.05, 0.1) is 15.3 Å². The van der Waals surface area contributed by atoms with E-state index >= 15 is 0 Å². The van der Waals surface area contributed by atoms with Gasteiger partial charge < -0.3 is 25.8 Å². The van der Waals surface area contributed by atoms with Crippen molar-refractivity contribution in [2.75, 3.05) is 54.1 Å². The maximum atomic E-state index is 13.4. The third-order valence-electron chi connectivity index (χ3n) is 7.74. The molecule has 10 heteroatoms. The minimum atomic E-state index is -0.355. The Morgan fingerprint density at radius 3 is 2.30 bits per heavy atom. The van der Waals surface area contributed by atoms with Crippen molar-refractivity contribution in [1.29, 1.82) is 0 Å². The summed E-state index contributed by atoms with van der Waals surface area (Å²) in [5, 5.41) is 8.89. The maximum Gasteiger partial charge on any atom is 0.265 e. The summed E-state index contributed by atoms with van der Waals surface area (Å²) in [6, 6.07) is 23.2. The number of amides is 2. The summed E-state index contributed by atoms with van der Waals surface area (Å²) in [5.74, 6) is -0.953. The highest BCUT2D eigenvalue weighted by atomic mass is 32.1. The summed E-state index contributed by atoms with van der Waals surface area (Å²) in [6.45, 7) is 5.53. The van der Waals surface area contributed by atoms with Gasteiger partial charge in [-0.2, -0.15) is 0 Å². The number of ketones is 2. The number of carbonyl (C=O) groups excluding carboxylic acids is 4. The molecule has 0 aliphatic carbocycles. The predicted octanol–water partition coefficient (Wildman–Crippen LogP) is 5.59. The Hall–Kier alpha value is -5.06. The lowest BCUT2D eigenvalue weighted by molar-refractivity contribution is -0.110. The number of anilines is 4. The zero-order valence-electron chi connectivity index (χ0n) is 24.3. The second kappa shape index (κ2) is 12.3. The predicted molar refractivity (Wildman–Crippen MR) is 175 cm³/mol. The van der Waals surface area contributed by atoms with E-state index in [4.69, 9.17) is 0 Å². The van der Waals surface area contributed by atoms with Crippen molar-refractivity contribution in [2.24, 2.45) is 0 Å². The molecular formula is C34H31N5O4S. The van der Waals surface area contributed by atoms with Gasteiger partial charge in [0.25, 0.3) is 11.8 Å². The average Bonchev–Trinajstić information content (AvgIpc) is 3.65. The van der Waals surface area contributed by atoms with Crippen LogP contribution in [0.15, 0.2) is 85.1 Å². The summed E-state index contributed by atoms with van der Waals surface area (Å²) < 4.78 is 0. The summed E-state index contributed by atoms with van der Waals surface area (Å²) in [5.41, 5.74) is 5.04. The molecule has 3 aromatic carbocycles. The molecule has 2 aliphatic rings. The molecule has 44 heavy (non-hydrogen) atoms. The molecule has 3 N–H and O–H groups in total. The van der Waals surface area contributed by atoms with Gasteiger partial charge in [-0.15, -0.1) is 11.3 Å². The third kappa shape index (κ3) is 6.17. The number of piperazine rings is 1. The van der Waals surface area contributed by atoms with Crippen LogP contribution >= 0.6 is 11.3 Å². The van der Waals surface area contributed by atoms with E-state index in [2.05, 4.69) is 44.9 Å². The molecule has 9 nitrogen and oxygen atoms in total. The summed E-state index contributed by atoms with van der Waals surface area (Å²) in [7, 11) is 2.14. The van der Waals surface area contributed by atoms with Gasteiger partial charge in [0.1, 0.15) is 0 Å². The van der Waals surface area contributed by atoms with E-state index in [1.807, 2.05) is 12.1 Å². The molecule has 2 amide bonds. The molecule has 0 saturated carbocycles. The highest BCUT2D eigenvalue weighted by Crippen LogP contribution is 2.33. The quantitative estimate of drug-likeness (QED) is 0.177. The fourth-order valence-electron chi connectivity index (χ4n) is 5.21. The number of nitrogens with one attached hydrogen (secondary N) is 3. The van der Waals surface area contributed by atoms with E-state index in [1.54, 1.807) is 60.8 Å². The van der Waals surface area contributed by atoms with E-state index in [1.165, 1.54) is 12.6 Å². The molecule has 2 aliphatic heterocycles. The molecule has 1 fully saturated rings. The van der Waals surface area contributed by atoms with Crippen LogP contribution in [0.25, 0.3) is 5.57 Å². The maximum absolute atomic E-state index is 13.4. The largest absolute Gasteiger partial charge is 0.369 e. The standard InChI is InChI=1S/C34H31N5O4S/c1-21(40)30-12-13-31(44-30)34(43)36-25-5-3-4-22(18-25)32(41)23-6-11-27-28(33(42)37-29(27)19-23)20-35-24-7-9-26(10-8-24)39-16-14-38(2)15-17-39/h3-13,18-20,35H,14-17H2,1-2H3,(H,36,43)(H,37,42). The average molecular weight is 606 g/mol. The zero-order valence-corrected chi connectivity index (χ0v) is 25.2. The number of benzene rings is 3. The fraction of sp³-hybridized carbons (Fsp3) is 0.176. The van der Waals surface area contributed by atoms with Crippen LogP contribution in [0.2, 0.25) is 0 Å². The monoisotopic (exact) mass is 605 g/mol. The highest BCUT2D eigenvalue weighted by molar-refractivity contribution is 7.16. The molecule has 222 valence electrons. The third-order valence-corrected chi connectivity index (χ3v) is 8.93. The van der Waals surface area contributed by atoms with Crippen LogP contribution in [0.4, 0.5) is 22.7 Å². The minimum absolute atomic E-state index is 0.0995. The Kier molecular flexibility index (Phi) is 8.10. The first kappa shape index (κ1) is 29.0. The summed E-state index contributed by atoms with van der Waals surface area (Å²) >= 11 is 1.12. The first-order valence-electron chi connectivity index (χ1n) is 14.3. The van der Waals surface area contributed by atoms with Gasteiger partial charge in [0.2, 0.25) is 0 Å². The molecule has 3 heterocycles. The number of rotatable bonds is 8. The number of fused-ring (bicyclic) bond motifs is 1. The van der Waals surface area contributed by atoms with Gasteiger partial charge >= 0.3 is 0 Å². The number of carbonyl (C=O) groups is 4. The van der Waals surface area contributed by atoms with Crippen molar-refractivity contribution >= 4 is 63.0 Å². The van der Waals surface area contributed by atoms with Gasteiger partial charge in [-0.05, 0) is 68.6 Å². The van der Waals surface area contributed by atoms with Crippen LogP contribution in [0.3, 0.4) is 0 Å². The summed E-state index contributed by atoms with van der Waals surface area (Å²) in [6.07, 6.45) is 1.69.